The van der Waals surface area contributed by atoms with E-state index in [1.807, 2.05) is 0 Å². The summed E-state index contributed by atoms with van der Waals surface area (Å²) in [5.41, 5.74) is 0. The first kappa shape index (κ1) is 16.1. The third-order valence-electron chi connectivity index (χ3n) is 4.85. The molecule has 2 saturated carbocycles. The van der Waals surface area contributed by atoms with Crippen LogP contribution in [0, 0.1) is 11.8 Å². The lowest BCUT2D eigenvalue weighted by molar-refractivity contribution is -0.142. The molecule has 2 aliphatic carbocycles. The van der Waals surface area contributed by atoms with Crippen LogP contribution in [0.1, 0.15) is 51.4 Å². The summed E-state index contributed by atoms with van der Waals surface area (Å²) in [6.45, 7) is 0.242. The van der Waals surface area contributed by atoms with E-state index in [4.69, 9.17) is 10.2 Å². The van der Waals surface area contributed by atoms with Gasteiger partial charge in [0.2, 0.25) is 0 Å². The Bertz CT molecular complexity index is 359. The number of carboxylic acid groups (broad SMARTS) is 1. The normalized spacial score (nSPS) is 33.2. The molecule has 2 aliphatic rings. The molecular weight excluding hydrogens is 272 g/mol. The van der Waals surface area contributed by atoms with Gasteiger partial charge in [0, 0.05) is 18.7 Å². The van der Waals surface area contributed by atoms with Crippen molar-refractivity contribution in [2.45, 2.75) is 63.5 Å². The van der Waals surface area contributed by atoms with Gasteiger partial charge in [0.15, 0.2) is 0 Å². The van der Waals surface area contributed by atoms with Crippen molar-refractivity contribution >= 4 is 12.0 Å². The number of hydrogen-bond acceptors (Lipinski definition) is 3. The van der Waals surface area contributed by atoms with Crippen LogP contribution in [0.25, 0.3) is 0 Å². The van der Waals surface area contributed by atoms with Crippen molar-refractivity contribution in [1.82, 2.24) is 10.6 Å². The first-order valence-corrected chi connectivity index (χ1v) is 7.99. The monoisotopic (exact) mass is 298 g/mol. The summed E-state index contributed by atoms with van der Waals surface area (Å²) in [5, 5.41) is 24.0. The largest absolute Gasteiger partial charge is 0.481 e. The minimum absolute atomic E-state index is 0.0920. The molecule has 2 amide bonds. The van der Waals surface area contributed by atoms with Gasteiger partial charge >= 0.3 is 12.0 Å². The number of aliphatic hydroxyl groups excluding tert-OH is 1. The topological polar surface area (TPSA) is 98.7 Å². The minimum atomic E-state index is -0.724. The number of aliphatic hydroxyl groups is 1. The highest BCUT2D eigenvalue weighted by atomic mass is 16.4. The SMILES string of the molecule is O=C(NC1CCC(CO)CC1)NC1CCC(C(=O)O)CC1. The molecule has 6 heteroatoms. The lowest BCUT2D eigenvalue weighted by Crippen LogP contribution is -2.48. The van der Waals surface area contributed by atoms with Gasteiger partial charge in [0.25, 0.3) is 0 Å². The molecule has 0 spiro atoms. The highest BCUT2D eigenvalue weighted by molar-refractivity contribution is 5.74. The second-order valence-corrected chi connectivity index (χ2v) is 6.40. The number of hydrogen-bond donors (Lipinski definition) is 4. The van der Waals surface area contributed by atoms with Crippen molar-refractivity contribution < 1.29 is 19.8 Å². The summed E-state index contributed by atoms with van der Waals surface area (Å²) in [4.78, 5) is 22.8. The summed E-state index contributed by atoms with van der Waals surface area (Å²) >= 11 is 0. The van der Waals surface area contributed by atoms with E-state index in [0.717, 1.165) is 38.5 Å². The Hall–Kier alpha value is -1.30. The average Bonchev–Trinajstić information content (AvgIpc) is 2.48. The molecule has 0 aromatic carbocycles. The van der Waals surface area contributed by atoms with Gasteiger partial charge in [0.1, 0.15) is 0 Å². The molecule has 0 unspecified atom stereocenters. The number of carboxylic acids is 1. The fourth-order valence-electron chi connectivity index (χ4n) is 3.39. The number of carbonyl (C=O) groups excluding carboxylic acids is 1. The Balaban J connectivity index is 1.65. The van der Waals surface area contributed by atoms with Crippen molar-refractivity contribution in [2.75, 3.05) is 6.61 Å². The van der Waals surface area contributed by atoms with Gasteiger partial charge in [-0.1, -0.05) is 0 Å². The van der Waals surface area contributed by atoms with Crippen LogP contribution in [0.4, 0.5) is 4.79 Å². The molecule has 0 radical (unpaired) electrons. The zero-order valence-electron chi connectivity index (χ0n) is 12.4. The van der Waals surface area contributed by atoms with Gasteiger partial charge in [-0.2, -0.15) is 0 Å². The van der Waals surface area contributed by atoms with Gasteiger partial charge in [-0.05, 0) is 57.3 Å². The number of nitrogens with one attached hydrogen (secondary N) is 2. The molecule has 4 N–H and O–H groups in total. The van der Waals surface area contributed by atoms with E-state index in [1.165, 1.54) is 0 Å². The molecule has 0 heterocycles. The van der Waals surface area contributed by atoms with Crippen LogP contribution in [0.5, 0.6) is 0 Å². The number of urea groups is 1. The van der Waals surface area contributed by atoms with E-state index >= 15 is 0 Å². The molecule has 0 bridgehead atoms. The standard InChI is InChI=1S/C15H26N2O4/c18-9-10-1-5-12(6-2-10)16-15(21)17-13-7-3-11(4-8-13)14(19)20/h10-13,18H,1-9H2,(H,19,20)(H2,16,17,21). The van der Waals surface area contributed by atoms with E-state index in [-0.39, 0.29) is 30.6 Å². The maximum absolute atomic E-state index is 12.0. The molecule has 0 atom stereocenters. The fourth-order valence-corrected chi connectivity index (χ4v) is 3.39. The Kier molecular flexibility index (Phi) is 5.85. The van der Waals surface area contributed by atoms with Crippen molar-refractivity contribution in [3.05, 3.63) is 0 Å². The molecule has 0 saturated heterocycles. The summed E-state index contributed by atoms with van der Waals surface area (Å²) in [6, 6.07) is 0.152. The highest BCUT2D eigenvalue weighted by Gasteiger charge is 2.27. The van der Waals surface area contributed by atoms with Crippen molar-refractivity contribution in [1.29, 1.82) is 0 Å². The first-order valence-electron chi connectivity index (χ1n) is 7.99. The molecule has 0 aromatic heterocycles. The van der Waals surface area contributed by atoms with Crippen LogP contribution in [0.15, 0.2) is 0 Å². The third-order valence-corrected chi connectivity index (χ3v) is 4.85. The summed E-state index contributed by atoms with van der Waals surface area (Å²) < 4.78 is 0. The number of carbonyl (C=O) groups is 2. The van der Waals surface area contributed by atoms with E-state index in [1.54, 1.807) is 0 Å². The third kappa shape index (κ3) is 4.88. The lowest BCUT2D eigenvalue weighted by atomic mass is 9.86. The molecule has 2 fully saturated rings. The molecule has 2 rings (SSSR count). The number of aliphatic carboxylic acids is 1. The predicted molar refractivity (Wildman–Crippen MR) is 77.9 cm³/mol. The van der Waals surface area contributed by atoms with Crippen LogP contribution in [0.2, 0.25) is 0 Å². The lowest BCUT2D eigenvalue weighted by Gasteiger charge is -2.30. The summed E-state index contributed by atoms with van der Waals surface area (Å²) in [7, 11) is 0. The van der Waals surface area contributed by atoms with E-state index in [0.29, 0.717) is 18.8 Å². The summed E-state index contributed by atoms with van der Waals surface area (Å²) in [6.07, 6.45) is 6.53. The molecule has 0 aromatic rings. The Morgan fingerprint density at radius 1 is 0.857 bits per heavy atom. The Labute approximate surface area is 125 Å². The van der Waals surface area contributed by atoms with Crippen LogP contribution in [-0.4, -0.2) is 40.9 Å². The van der Waals surface area contributed by atoms with Crippen LogP contribution in [-0.2, 0) is 4.79 Å². The molecular formula is C15H26N2O4. The van der Waals surface area contributed by atoms with Gasteiger partial charge < -0.3 is 20.8 Å². The first-order chi connectivity index (χ1) is 10.1. The van der Waals surface area contributed by atoms with Crippen molar-refractivity contribution in [2.24, 2.45) is 11.8 Å². The Morgan fingerprint density at radius 2 is 1.33 bits per heavy atom. The van der Waals surface area contributed by atoms with Crippen LogP contribution >= 0.6 is 0 Å². The smallest absolute Gasteiger partial charge is 0.315 e. The molecule has 120 valence electrons. The van der Waals surface area contributed by atoms with Gasteiger partial charge in [-0.15, -0.1) is 0 Å². The zero-order valence-corrected chi connectivity index (χ0v) is 12.4. The maximum Gasteiger partial charge on any atom is 0.315 e. The number of rotatable bonds is 4. The fraction of sp³-hybridized carbons (Fsp3) is 0.867. The van der Waals surface area contributed by atoms with Crippen LogP contribution < -0.4 is 10.6 Å². The van der Waals surface area contributed by atoms with E-state index in [2.05, 4.69) is 10.6 Å². The van der Waals surface area contributed by atoms with Gasteiger partial charge in [0.05, 0.1) is 5.92 Å². The molecule has 6 nitrogen and oxygen atoms in total. The van der Waals surface area contributed by atoms with Crippen molar-refractivity contribution in [3.8, 4) is 0 Å². The minimum Gasteiger partial charge on any atom is -0.481 e. The number of amides is 2. The zero-order chi connectivity index (χ0) is 15.2. The second kappa shape index (κ2) is 7.64. The van der Waals surface area contributed by atoms with E-state index < -0.39 is 5.97 Å². The van der Waals surface area contributed by atoms with Crippen LogP contribution in [0.3, 0.4) is 0 Å². The second-order valence-electron chi connectivity index (χ2n) is 6.40. The van der Waals surface area contributed by atoms with Gasteiger partial charge in [-0.25, -0.2) is 4.79 Å². The summed E-state index contributed by atoms with van der Waals surface area (Å²) in [5.74, 6) is -0.587. The Morgan fingerprint density at radius 3 is 1.76 bits per heavy atom. The average molecular weight is 298 g/mol. The maximum atomic E-state index is 12.0. The van der Waals surface area contributed by atoms with Crippen molar-refractivity contribution in [3.63, 3.8) is 0 Å². The molecule has 21 heavy (non-hydrogen) atoms. The quantitative estimate of drug-likeness (QED) is 0.632. The van der Waals surface area contributed by atoms with E-state index in [9.17, 15) is 9.59 Å². The molecule has 0 aliphatic heterocycles. The predicted octanol–water partition coefficient (Wildman–Crippen LogP) is 1.48. The highest BCUT2D eigenvalue weighted by Crippen LogP contribution is 2.25. The van der Waals surface area contributed by atoms with Gasteiger partial charge in [-0.3, -0.25) is 4.79 Å².